The van der Waals surface area contributed by atoms with E-state index >= 15 is 0 Å². The van der Waals surface area contributed by atoms with Crippen molar-refractivity contribution in [1.29, 1.82) is 0 Å². The van der Waals surface area contributed by atoms with Crippen molar-refractivity contribution in [3.8, 4) is 28.6 Å². The Morgan fingerprint density at radius 3 is 2.96 bits per heavy atom. The molecule has 1 aromatic carbocycles. The molecule has 0 amide bonds. The van der Waals surface area contributed by atoms with Crippen LogP contribution in [-0.2, 0) is 0 Å². The van der Waals surface area contributed by atoms with E-state index in [4.69, 9.17) is 9.26 Å². The number of ketones is 1. The number of H-pyrrole nitrogens is 1. The number of nitrogens with one attached hydrogen (secondary N) is 1. The van der Waals surface area contributed by atoms with Crippen LogP contribution in [0.2, 0.25) is 0 Å². The summed E-state index contributed by atoms with van der Waals surface area (Å²) in [5, 5.41) is 10.5. The van der Waals surface area contributed by atoms with Gasteiger partial charge in [0.05, 0.1) is 23.7 Å². The number of benzene rings is 1. The van der Waals surface area contributed by atoms with E-state index in [1.807, 2.05) is 19.9 Å². The fourth-order valence-electron chi connectivity index (χ4n) is 2.73. The van der Waals surface area contributed by atoms with Gasteiger partial charge in [-0.25, -0.2) is 0 Å². The highest BCUT2D eigenvalue weighted by atomic mass is 16.5. The van der Waals surface area contributed by atoms with Crippen molar-refractivity contribution in [3.05, 3.63) is 36.2 Å². The number of aromatic nitrogens is 4. The molecule has 0 aliphatic carbocycles. The molecular formula is C17H16N4O3. The van der Waals surface area contributed by atoms with Crippen LogP contribution in [0, 0.1) is 0 Å². The Labute approximate surface area is 138 Å². The predicted octanol–water partition coefficient (Wildman–Crippen LogP) is 3.26. The van der Waals surface area contributed by atoms with Gasteiger partial charge in [-0.05, 0) is 31.5 Å². The average Bonchev–Trinajstić information content (AvgIpc) is 3.26. The smallest absolute Gasteiger partial charge is 0.258 e. The molecule has 1 aliphatic heterocycles. The molecule has 0 spiro atoms. The van der Waals surface area contributed by atoms with Gasteiger partial charge in [-0.1, -0.05) is 12.1 Å². The van der Waals surface area contributed by atoms with E-state index in [9.17, 15) is 4.79 Å². The topological polar surface area (TPSA) is 93.9 Å². The molecule has 0 fully saturated rings. The van der Waals surface area contributed by atoms with Crippen LogP contribution in [0.25, 0.3) is 22.8 Å². The molecule has 1 atom stereocenters. The number of ether oxygens (including phenoxy) is 1. The van der Waals surface area contributed by atoms with Gasteiger partial charge < -0.3 is 9.26 Å². The van der Waals surface area contributed by atoms with Crippen LogP contribution in [-0.4, -0.2) is 31.7 Å². The molecule has 0 bridgehead atoms. The monoisotopic (exact) mass is 324 g/mol. The van der Waals surface area contributed by atoms with Gasteiger partial charge in [-0.2, -0.15) is 10.1 Å². The number of aromatic amines is 1. The van der Waals surface area contributed by atoms with Gasteiger partial charge >= 0.3 is 0 Å². The minimum Gasteiger partial charge on any atom is -0.486 e. The van der Waals surface area contributed by atoms with E-state index in [1.54, 1.807) is 24.5 Å². The summed E-state index contributed by atoms with van der Waals surface area (Å²) in [5.41, 5.74) is 1.54. The van der Waals surface area contributed by atoms with Crippen LogP contribution in [0.5, 0.6) is 5.75 Å². The molecule has 7 nitrogen and oxygen atoms in total. The maximum absolute atomic E-state index is 12.5. The maximum Gasteiger partial charge on any atom is 0.258 e. The predicted molar refractivity (Wildman–Crippen MR) is 85.6 cm³/mol. The van der Waals surface area contributed by atoms with Crippen LogP contribution >= 0.6 is 0 Å². The lowest BCUT2D eigenvalue weighted by Gasteiger charge is -2.34. The van der Waals surface area contributed by atoms with Gasteiger partial charge in [0.15, 0.2) is 5.78 Å². The highest BCUT2D eigenvalue weighted by Gasteiger charge is 2.35. The van der Waals surface area contributed by atoms with Gasteiger partial charge in [0.25, 0.3) is 5.89 Å². The zero-order valence-electron chi connectivity index (χ0n) is 13.4. The summed E-state index contributed by atoms with van der Waals surface area (Å²) in [6.07, 6.45) is 4.44. The van der Waals surface area contributed by atoms with Crippen molar-refractivity contribution >= 4 is 5.78 Å². The lowest BCUT2D eigenvalue weighted by Crippen LogP contribution is -2.38. The van der Waals surface area contributed by atoms with Crippen LogP contribution in [0.15, 0.2) is 35.1 Å². The largest absolute Gasteiger partial charge is 0.486 e. The molecule has 3 aromatic rings. The second kappa shape index (κ2) is 5.30. The molecule has 7 heteroatoms. The number of carbonyl (C=O) groups is 1. The molecule has 4 rings (SSSR count). The number of hydrogen-bond donors (Lipinski definition) is 1. The van der Waals surface area contributed by atoms with Crippen LogP contribution in [0.3, 0.4) is 0 Å². The Balaban J connectivity index is 1.69. The normalized spacial score (nSPS) is 19.8. The summed E-state index contributed by atoms with van der Waals surface area (Å²) in [6, 6.07) is 5.36. The van der Waals surface area contributed by atoms with Gasteiger partial charge in [-0.3, -0.25) is 9.89 Å². The van der Waals surface area contributed by atoms with E-state index in [1.165, 1.54) is 0 Å². The fraction of sp³-hybridized carbons (Fsp3) is 0.294. The van der Waals surface area contributed by atoms with Crippen LogP contribution < -0.4 is 4.74 Å². The molecule has 0 radical (unpaired) electrons. The van der Waals surface area contributed by atoms with E-state index in [2.05, 4.69) is 20.3 Å². The van der Waals surface area contributed by atoms with Crippen molar-refractivity contribution in [2.45, 2.75) is 32.3 Å². The third-order valence-corrected chi connectivity index (χ3v) is 4.35. The summed E-state index contributed by atoms with van der Waals surface area (Å²) >= 11 is 0. The molecule has 122 valence electrons. The summed E-state index contributed by atoms with van der Waals surface area (Å²) in [5.74, 6) is 1.47. The molecule has 3 heterocycles. The zero-order valence-corrected chi connectivity index (χ0v) is 13.4. The number of fused-ring (bicyclic) bond motifs is 1. The number of Topliss-reactive ketones (excluding diaryl/α,β-unsaturated/α-hetero) is 1. The third kappa shape index (κ3) is 2.38. The first-order valence-corrected chi connectivity index (χ1v) is 7.77. The fourth-order valence-corrected chi connectivity index (χ4v) is 2.73. The Hall–Kier alpha value is -2.96. The van der Waals surface area contributed by atoms with Crippen molar-refractivity contribution in [2.24, 2.45) is 0 Å². The Morgan fingerprint density at radius 1 is 1.33 bits per heavy atom. The molecule has 1 N–H and O–H groups in total. The van der Waals surface area contributed by atoms with E-state index in [0.717, 1.165) is 12.0 Å². The van der Waals surface area contributed by atoms with Crippen LogP contribution in [0.4, 0.5) is 0 Å². The number of rotatable bonds is 3. The second-order valence-electron chi connectivity index (χ2n) is 6.13. The van der Waals surface area contributed by atoms with Gasteiger partial charge in [0.2, 0.25) is 5.82 Å². The van der Waals surface area contributed by atoms with E-state index in [-0.39, 0.29) is 5.78 Å². The SMILES string of the molecule is CCC1(C)CC(=O)c2cc(-c3nc(-c4cn[nH]c4)no3)ccc2O1. The van der Waals surface area contributed by atoms with Crippen LogP contribution in [0.1, 0.15) is 37.0 Å². The third-order valence-electron chi connectivity index (χ3n) is 4.35. The first-order valence-electron chi connectivity index (χ1n) is 7.77. The Morgan fingerprint density at radius 2 is 2.21 bits per heavy atom. The minimum absolute atomic E-state index is 0.0667. The van der Waals surface area contributed by atoms with Crippen molar-refractivity contribution in [1.82, 2.24) is 20.3 Å². The summed E-state index contributed by atoms with van der Waals surface area (Å²) in [7, 11) is 0. The summed E-state index contributed by atoms with van der Waals surface area (Å²) in [6.45, 7) is 3.97. The Bertz CT molecular complexity index is 900. The van der Waals surface area contributed by atoms with Gasteiger partial charge in [0.1, 0.15) is 11.4 Å². The van der Waals surface area contributed by atoms with Gasteiger partial charge in [0, 0.05) is 11.8 Å². The maximum atomic E-state index is 12.5. The Kier molecular flexibility index (Phi) is 3.23. The standard InChI is InChI=1S/C17H16N4O3/c1-3-17(2)7-13(22)12-6-10(4-5-14(12)23-17)16-20-15(21-24-16)11-8-18-19-9-11/h4-6,8-9H,3,7H2,1-2H3,(H,18,19). The molecular weight excluding hydrogens is 308 g/mol. The van der Waals surface area contributed by atoms with E-state index in [0.29, 0.717) is 35.0 Å². The summed E-state index contributed by atoms with van der Waals surface area (Å²) in [4.78, 5) is 16.8. The molecule has 0 saturated heterocycles. The molecule has 2 aromatic heterocycles. The molecule has 1 aliphatic rings. The number of carbonyl (C=O) groups excluding carboxylic acids is 1. The number of nitrogens with zero attached hydrogens (tertiary/aromatic N) is 3. The second-order valence-corrected chi connectivity index (χ2v) is 6.13. The van der Waals surface area contributed by atoms with E-state index < -0.39 is 5.60 Å². The van der Waals surface area contributed by atoms with Crippen molar-refractivity contribution in [3.63, 3.8) is 0 Å². The first-order chi connectivity index (χ1) is 11.6. The highest BCUT2D eigenvalue weighted by molar-refractivity contribution is 6.01. The zero-order chi connectivity index (χ0) is 16.7. The lowest BCUT2D eigenvalue weighted by atomic mass is 9.89. The highest BCUT2D eigenvalue weighted by Crippen LogP contribution is 2.37. The first kappa shape index (κ1) is 14.6. The van der Waals surface area contributed by atoms with Gasteiger partial charge in [-0.15, -0.1) is 0 Å². The quantitative estimate of drug-likeness (QED) is 0.794. The average molecular weight is 324 g/mol. The lowest BCUT2D eigenvalue weighted by molar-refractivity contribution is 0.0499. The summed E-state index contributed by atoms with van der Waals surface area (Å²) < 4.78 is 11.3. The van der Waals surface area contributed by atoms with Crippen molar-refractivity contribution in [2.75, 3.05) is 0 Å². The molecule has 24 heavy (non-hydrogen) atoms. The minimum atomic E-state index is -0.440. The number of hydrogen-bond acceptors (Lipinski definition) is 6. The van der Waals surface area contributed by atoms with Crippen molar-refractivity contribution < 1.29 is 14.1 Å². The molecule has 1 unspecified atom stereocenters. The molecule has 0 saturated carbocycles.